The number of benzene rings is 2. The van der Waals surface area contributed by atoms with Crippen LogP contribution in [0.5, 0.6) is 0 Å². The van der Waals surface area contributed by atoms with Gasteiger partial charge >= 0.3 is 12.4 Å². The molecule has 0 unspecified atom stereocenters. The van der Waals surface area contributed by atoms with Crippen molar-refractivity contribution >= 4 is 45.6 Å². The molecule has 6 aromatic heterocycles. The molecule has 0 bridgehead atoms. The summed E-state index contributed by atoms with van der Waals surface area (Å²) in [5.74, 6) is -4.84. The Morgan fingerprint density at radius 2 is 1.07 bits per heavy atom. The highest BCUT2D eigenvalue weighted by molar-refractivity contribution is 5.85. The SMILES string of the molecule is C/C(=C\c1ccc(C(F)(F)F)nc1)c1nn(-c2ccc(F)cc2F)c2cc(C)c(C)nc2c1=O.Cc1cc2c(nc1C)c(=O)c(/C(F)=C/c1ccnc(C(F)(F)F)c1)nn2-c1ccc(F)cc1F. The van der Waals surface area contributed by atoms with E-state index in [2.05, 4.69) is 30.1 Å². The molecule has 21 heteroatoms. The molecule has 6 heterocycles. The first-order chi connectivity index (χ1) is 31.9. The molecule has 0 aliphatic heterocycles. The summed E-state index contributed by atoms with van der Waals surface area (Å²) < 4.78 is 151. The fraction of sp³-hybridized carbons (Fsp3) is 0.149. The Kier molecular flexibility index (Phi) is 13.0. The minimum absolute atomic E-state index is 0.0233. The highest BCUT2D eigenvalue weighted by Gasteiger charge is 2.33. The molecule has 0 atom stereocenters. The van der Waals surface area contributed by atoms with Gasteiger partial charge in [0.2, 0.25) is 10.9 Å². The number of aromatic nitrogens is 8. The Bertz CT molecular complexity index is 3490. The first-order valence-electron chi connectivity index (χ1n) is 19.8. The summed E-state index contributed by atoms with van der Waals surface area (Å²) in [4.78, 5) is 41.4. The monoisotopic (exact) mass is 948 g/mol. The minimum Gasteiger partial charge on any atom is -0.285 e. The standard InChI is InChI=1S/C24H17F5N4O.C23H14F6N4O/c1-12-9-19-22(31-14(12)3)23(34)21(32-33(19)18-6-5-16(25)10-17(18)26)13(2)8-15-4-7-20(30-11-15)24(27,28)29;1-11-7-18-21(31-12(11)2)22(34)20(32-33(18)17-4-3-14(24)10-15(17)25)16(26)8-13-5-6-30-19(9-13)23(27,28)29/h4-11H,1-3H3;3-10H,1-2H3/b13-8+;16-8-. The van der Waals surface area contributed by atoms with Crippen molar-refractivity contribution in [1.29, 1.82) is 0 Å². The number of allylic oxidation sites excluding steroid dienone is 1. The molecule has 0 spiro atoms. The normalized spacial score (nSPS) is 12.4. The molecule has 0 amide bonds. The van der Waals surface area contributed by atoms with Gasteiger partial charge in [-0.05, 0) is 129 Å². The number of hydrogen-bond donors (Lipinski definition) is 0. The second-order valence-corrected chi connectivity index (χ2v) is 15.2. The van der Waals surface area contributed by atoms with Crippen molar-refractivity contribution in [2.75, 3.05) is 0 Å². The van der Waals surface area contributed by atoms with Gasteiger partial charge < -0.3 is 0 Å². The third-order valence-electron chi connectivity index (χ3n) is 10.3. The summed E-state index contributed by atoms with van der Waals surface area (Å²) in [7, 11) is 0. The molecule has 10 nitrogen and oxygen atoms in total. The Hall–Kier alpha value is -7.97. The maximum absolute atomic E-state index is 15.2. The van der Waals surface area contributed by atoms with Crippen LogP contribution >= 0.6 is 0 Å². The van der Waals surface area contributed by atoms with E-state index >= 15 is 4.39 Å². The number of halogens is 11. The average molecular weight is 949 g/mol. The van der Waals surface area contributed by atoms with Crippen molar-refractivity contribution < 1.29 is 48.3 Å². The van der Waals surface area contributed by atoms with Gasteiger partial charge in [0, 0.05) is 35.9 Å². The Morgan fingerprint density at radius 1 is 0.574 bits per heavy atom. The molecule has 348 valence electrons. The van der Waals surface area contributed by atoms with E-state index in [-0.39, 0.29) is 44.7 Å². The molecule has 0 aliphatic carbocycles. The van der Waals surface area contributed by atoms with Crippen LogP contribution in [0.1, 0.15) is 63.3 Å². The number of nitrogens with zero attached hydrogens (tertiary/aromatic N) is 8. The smallest absolute Gasteiger partial charge is 0.285 e. The maximum Gasteiger partial charge on any atom is 0.433 e. The van der Waals surface area contributed by atoms with Gasteiger partial charge in [0.25, 0.3) is 0 Å². The van der Waals surface area contributed by atoms with Crippen LogP contribution in [0.15, 0.2) is 94.8 Å². The van der Waals surface area contributed by atoms with Crippen LogP contribution in [0.25, 0.3) is 57.0 Å². The van der Waals surface area contributed by atoms with E-state index in [4.69, 9.17) is 0 Å². The summed E-state index contributed by atoms with van der Waals surface area (Å²) in [6.45, 7) is 8.33. The molecule has 8 aromatic rings. The predicted octanol–water partition coefficient (Wildman–Crippen LogP) is 11.2. The number of pyridine rings is 4. The second-order valence-electron chi connectivity index (χ2n) is 15.2. The summed E-state index contributed by atoms with van der Waals surface area (Å²) in [5.41, 5.74) is -2.24. The van der Waals surface area contributed by atoms with E-state index < -0.39 is 69.4 Å². The zero-order valence-electron chi connectivity index (χ0n) is 35.8. The van der Waals surface area contributed by atoms with Crippen molar-refractivity contribution in [3.63, 3.8) is 0 Å². The quantitative estimate of drug-likeness (QED) is 0.151. The number of hydrogen-bond acceptors (Lipinski definition) is 8. The molecular formula is C47H31F11N8O2. The van der Waals surface area contributed by atoms with Crippen LogP contribution in [-0.4, -0.2) is 39.5 Å². The van der Waals surface area contributed by atoms with Crippen LogP contribution in [-0.2, 0) is 12.4 Å². The van der Waals surface area contributed by atoms with Gasteiger partial charge in [0.05, 0.1) is 11.0 Å². The lowest BCUT2D eigenvalue weighted by Gasteiger charge is -2.14. The zero-order chi connectivity index (χ0) is 49.6. The molecule has 68 heavy (non-hydrogen) atoms. The van der Waals surface area contributed by atoms with Crippen LogP contribution < -0.4 is 10.9 Å². The van der Waals surface area contributed by atoms with Gasteiger partial charge in [-0.1, -0.05) is 6.07 Å². The highest BCUT2D eigenvalue weighted by atomic mass is 19.4. The molecule has 0 fully saturated rings. The highest BCUT2D eigenvalue weighted by Crippen LogP contribution is 2.31. The van der Waals surface area contributed by atoms with Gasteiger partial charge in [-0.3, -0.25) is 19.6 Å². The molecule has 0 saturated heterocycles. The largest absolute Gasteiger partial charge is 0.433 e. The number of rotatable bonds is 6. The van der Waals surface area contributed by atoms with Crippen LogP contribution in [0.3, 0.4) is 0 Å². The fourth-order valence-electron chi connectivity index (χ4n) is 6.63. The van der Waals surface area contributed by atoms with E-state index in [0.717, 1.165) is 53.0 Å². The number of alkyl halides is 6. The summed E-state index contributed by atoms with van der Waals surface area (Å²) in [5, 5.41) is 8.24. The summed E-state index contributed by atoms with van der Waals surface area (Å²) in [6.07, 6.45) is -5.35. The van der Waals surface area contributed by atoms with Crippen molar-refractivity contribution in [3.05, 3.63) is 185 Å². The van der Waals surface area contributed by atoms with Gasteiger partial charge in [-0.25, -0.2) is 41.3 Å². The molecule has 0 radical (unpaired) electrons. The first kappa shape index (κ1) is 48.0. The maximum atomic E-state index is 15.2. The van der Waals surface area contributed by atoms with E-state index in [1.54, 1.807) is 40.7 Å². The second kappa shape index (κ2) is 18.4. The predicted molar refractivity (Wildman–Crippen MR) is 230 cm³/mol. The van der Waals surface area contributed by atoms with E-state index in [1.807, 2.05) is 0 Å². The molecule has 0 saturated carbocycles. The lowest BCUT2D eigenvalue weighted by atomic mass is 10.1. The first-order valence-corrected chi connectivity index (χ1v) is 19.8. The molecule has 8 rings (SSSR count). The summed E-state index contributed by atoms with van der Waals surface area (Å²) in [6, 6.07) is 12.5. The summed E-state index contributed by atoms with van der Waals surface area (Å²) >= 11 is 0. The zero-order valence-corrected chi connectivity index (χ0v) is 35.8. The van der Waals surface area contributed by atoms with Crippen LogP contribution in [0, 0.1) is 51.0 Å². The molecule has 0 aliphatic rings. The van der Waals surface area contributed by atoms with Gasteiger partial charge in [0.1, 0.15) is 51.1 Å². The Labute approximate surface area is 376 Å². The lowest BCUT2D eigenvalue weighted by Crippen LogP contribution is -2.20. The average Bonchev–Trinajstić information content (AvgIpc) is 3.26. The van der Waals surface area contributed by atoms with E-state index in [9.17, 15) is 53.5 Å². The molecule has 0 N–H and O–H groups in total. The molecule has 2 aromatic carbocycles. The van der Waals surface area contributed by atoms with Crippen molar-refractivity contribution in [2.24, 2.45) is 0 Å². The minimum atomic E-state index is -4.76. The van der Waals surface area contributed by atoms with Crippen molar-refractivity contribution in [1.82, 2.24) is 39.5 Å². The van der Waals surface area contributed by atoms with Gasteiger partial charge in [0.15, 0.2) is 23.2 Å². The third-order valence-corrected chi connectivity index (χ3v) is 10.3. The lowest BCUT2D eigenvalue weighted by molar-refractivity contribution is -0.142. The number of aryl methyl sites for hydroxylation is 4. The van der Waals surface area contributed by atoms with E-state index in [0.29, 0.717) is 52.4 Å². The van der Waals surface area contributed by atoms with Crippen LogP contribution in [0.4, 0.5) is 48.3 Å². The topological polar surface area (TPSA) is 121 Å². The number of fused-ring (bicyclic) bond motifs is 2. The Morgan fingerprint density at radius 3 is 1.54 bits per heavy atom. The van der Waals surface area contributed by atoms with Crippen LogP contribution in [0.2, 0.25) is 0 Å². The van der Waals surface area contributed by atoms with E-state index in [1.165, 1.54) is 29.0 Å². The third kappa shape index (κ3) is 9.91. The Balaban J connectivity index is 0.000000201. The van der Waals surface area contributed by atoms with Gasteiger partial charge in [-0.2, -0.15) is 36.5 Å². The van der Waals surface area contributed by atoms with Gasteiger partial charge in [-0.15, -0.1) is 0 Å². The fourth-order valence-corrected chi connectivity index (χ4v) is 6.63. The molecular weight excluding hydrogens is 918 g/mol. The van der Waals surface area contributed by atoms with Crippen molar-refractivity contribution in [3.8, 4) is 11.4 Å². The van der Waals surface area contributed by atoms with Crippen molar-refractivity contribution in [2.45, 2.75) is 47.0 Å².